The molecule has 1 aromatic heterocycles. The van der Waals surface area contributed by atoms with E-state index in [0.717, 1.165) is 0 Å². The normalized spacial score (nSPS) is 15.9. The Bertz CT molecular complexity index is 774. The van der Waals surface area contributed by atoms with Gasteiger partial charge in [0, 0.05) is 13.1 Å². The molecule has 2 rings (SSSR count). The molecule has 1 fully saturated rings. The minimum absolute atomic E-state index is 0.158. The van der Waals surface area contributed by atoms with Crippen molar-refractivity contribution in [2.75, 3.05) is 25.0 Å². The number of anilines is 1. The predicted molar refractivity (Wildman–Crippen MR) is 112 cm³/mol. The molecule has 31 heavy (non-hydrogen) atoms. The minimum Gasteiger partial charge on any atom is -0.464 e. The lowest BCUT2D eigenvalue weighted by molar-refractivity contribution is -0.143. The minimum atomic E-state index is -0.829. The fourth-order valence-electron chi connectivity index (χ4n) is 3.03. The maximum absolute atomic E-state index is 13.3. The number of urea groups is 1. The number of aromatic nitrogens is 1. The number of hydrazine groups is 1. The van der Waals surface area contributed by atoms with Crippen LogP contribution in [0.5, 0.6) is 5.95 Å². The Hall–Kier alpha value is -2.98. The Balaban J connectivity index is 2.09. The van der Waals surface area contributed by atoms with Gasteiger partial charge in [-0.2, -0.15) is 0 Å². The molecule has 2 N–H and O–H groups in total. The van der Waals surface area contributed by atoms with Crippen LogP contribution in [-0.4, -0.2) is 64.5 Å². The Labute approximate surface area is 182 Å². The smallest absolute Gasteiger partial charge is 0.408 e. The van der Waals surface area contributed by atoms with Crippen molar-refractivity contribution in [1.29, 1.82) is 0 Å². The molecule has 11 heteroatoms. The molecule has 0 bridgehead atoms. The average molecular weight is 440 g/mol. The van der Waals surface area contributed by atoms with E-state index in [1.807, 2.05) is 13.8 Å². The van der Waals surface area contributed by atoms with E-state index >= 15 is 0 Å². The quantitative estimate of drug-likeness (QED) is 0.669. The van der Waals surface area contributed by atoms with Gasteiger partial charge in [-0.3, -0.25) is 10.1 Å². The largest absolute Gasteiger partial charge is 0.464 e. The first-order chi connectivity index (χ1) is 14.6. The van der Waals surface area contributed by atoms with Crippen molar-refractivity contribution in [3.05, 3.63) is 6.07 Å². The first kappa shape index (κ1) is 24.3. The van der Waals surface area contributed by atoms with Crippen LogP contribution in [0, 0.1) is 5.92 Å². The number of ether oxygens (including phenoxy) is 2. The van der Waals surface area contributed by atoms with E-state index in [4.69, 9.17) is 14.0 Å². The van der Waals surface area contributed by atoms with E-state index in [9.17, 15) is 14.4 Å². The summed E-state index contributed by atoms with van der Waals surface area (Å²) in [4.78, 5) is 38.3. The van der Waals surface area contributed by atoms with Gasteiger partial charge in [0.1, 0.15) is 11.6 Å². The van der Waals surface area contributed by atoms with Crippen molar-refractivity contribution in [1.82, 2.24) is 20.5 Å². The molecule has 0 aliphatic carbocycles. The summed E-state index contributed by atoms with van der Waals surface area (Å²) in [5.74, 6) is -0.165. The molecule has 0 aromatic carbocycles. The zero-order valence-corrected chi connectivity index (χ0v) is 19.1. The number of nitrogens with zero attached hydrogens (tertiary/aromatic N) is 3. The summed E-state index contributed by atoms with van der Waals surface area (Å²) in [5.41, 5.74) is -0.690. The zero-order chi connectivity index (χ0) is 23.2. The Kier molecular flexibility index (Phi) is 8.12. The lowest BCUT2D eigenvalue weighted by Crippen LogP contribution is -2.56. The number of carbonyl (C=O) groups excluding carboxylic acids is 3. The molecule has 174 valence electrons. The van der Waals surface area contributed by atoms with Gasteiger partial charge in [0.15, 0.2) is 5.82 Å². The summed E-state index contributed by atoms with van der Waals surface area (Å²) in [6.45, 7) is 12.0. The van der Waals surface area contributed by atoms with Crippen molar-refractivity contribution in [3.63, 3.8) is 0 Å². The highest BCUT2D eigenvalue weighted by atomic mass is 16.6. The highest BCUT2D eigenvalue weighted by molar-refractivity contribution is 5.92. The van der Waals surface area contributed by atoms with Gasteiger partial charge in [-0.15, -0.1) is 0 Å². The highest BCUT2D eigenvalue weighted by Gasteiger charge is 2.38. The molecule has 1 aliphatic heterocycles. The standard InChI is InChI=1S/C20H33N5O6/c1-7-13(3)16(22-19(28)30-20(4,5)6)17(26)24-10-9-11-25(24)18(27)21-14-12-15(29-8-2)31-23-14/h12-13,16H,7-11H2,1-6H3,(H,22,28)(H,21,23,27)/t13-,16-/m0/s1. The maximum atomic E-state index is 13.3. The van der Waals surface area contributed by atoms with Gasteiger partial charge in [-0.25, -0.2) is 19.6 Å². The maximum Gasteiger partial charge on any atom is 0.408 e. The van der Waals surface area contributed by atoms with Crippen molar-refractivity contribution in [2.45, 2.75) is 66.0 Å². The van der Waals surface area contributed by atoms with Crippen LogP contribution in [0.15, 0.2) is 10.6 Å². The van der Waals surface area contributed by atoms with Gasteiger partial charge in [0.2, 0.25) is 0 Å². The SMILES string of the molecule is CCOc1cc(NC(=O)N2CCCN2C(=O)[C@@H](NC(=O)OC(C)(C)C)[C@@H](C)CC)no1. The van der Waals surface area contributed by atoms with Crippen LogP contribution < -0.4 is 15.4 Å². The van der Waals surface area contributed by atoms with E-state index < -0.39 is 23.8 Å². The number of rotatable bonds is 7. The number of hydrogen-bond acceptors (Lipinski definition) is 7. The van der Waals surface area contributed by atoms with Crippen LogP contribution in [0.25, 0.3) is 0 Å². The van der Waals surface area contributed by atoms with E-state index in [1.54, 1.807) is 27.7 Å². The highest BCUT2D eigenvalue weighted by Crippen LogP contribution is 2.21. The Morgan fingerprint density at radius 1 is 1.23 bits per heavy atom. The fourth-order valence-corrected chi connectivity index (χ4v) is 3.03. The molecule has 1 aromatic rings. The van der Waals surface area contributed by atoms with Gasteiger partial charge >= 0.3 is 18.1 Å². The van der Waals surface area contributed by atoms with E-state index in [-0.39, 0.29) is 23.6 Å². The van der Waals surface area contributed by atoms with Crippen LogP contribution in [0.3, 0.4) is 0 Å². The summed E-state index contributed by atoms with van der Waals surface area (Å²) in [6.07, 6.45) is 0.597. The average Bonchev–Trinajstić information content (AvgIpc) is 3.33. The molecule has 1 aliphatic rings. The third-order valence-corrected chi connectivity index (χ3v) is 4.68. The van der Waals surface area contributed by atoms with Crippen LogP contribution in [0.4, 0.5) is 15.4 Å². The molecule has 4 amide bonds. The third kappa shape index (κ3) is 6.76. The molecule has 0 saturated carbocycles. The van der Waals surface area contributed by atoms with Gasteiger partial charge in [0.25, 0.3) is 5.91 Å². The second-order valence-corrected chi connectivity index (χ2v) is 8.34. The summed E-state index contributed by atoms with van der Waals surface area (Å²) >= 11 is 0. The zero-order valence-electron chi connectivity index (χ0n) is 19.1. The summed E-state index contributed by atoms with van der Waals surface area (Å²) in [5, 5.41) is 11.7. The number of hydrogen-bond donors (Lipinski definition) is 2. The number of nitrogens with one attached hydrogen (secondary N) is 2. The van der Waals surface area contributed by atoms with E-state index in [2.05, 4.69) is 15.8 Å². The van der Waals surface area contributed by atoms with Crippen molar-refractivity contribution in [3.8, 4) is 5.95 Å². The first-order valence-corrected chi connectivity index (χ1v) is 10.5. The molecule has 0 unspecified atom stereocenters. The van der Waals surface area contributed by atoms with Crippen molar-refractivity contribution >= 4 is 23.8 Å². The number of carbonyl (C=O) groups is 3. The van der Waals surface area contributed by atoms with Crippen molar-refractivity contribution in [2.24, 2.45) is 5.92 Å². The van der Waals surface area contributed by atoms with Crippen LogP contribution in [-0.2, 0) is 9.53 Å². The summed E-state index contributed by atoms with van der Waals surface area (Å²) < 4.78 is 15.5. The topological polar surface area (TPSA) is 126 Å². The molecule has 0 spiro atoms. The molecule has 1 saturated heterocycles. The van der Waals surface area contributed by atoms with Gasteiger partial charge in [-0.1, -0.05) is 25.4 Å². The molecule has 0 radical (unpaired) electrons. The third-order valence-electron chi connectivity index (χ3n) is 4.68. The number of alkyl carbamates (subject to hydrolysis) is 1. The second kappa shape index (κ2) is 10.4. The van der Waals surface area contributed by atoms with Crippen LogP contribution in [0.2, 0.25) is 0 Å². The predicted octanol–water partition coefficient (Wildman–Crippen LogP) is 2.99. The first-order valence-electron chi connectivity index (χ1n) is 10.5. The Morgan fingerprint density at radius 3 is 2.52 bits per heavy atom. The molecule has 2 heterocycles. The van der Waals surface area contributed by atoms with Gasteiger partial charge < -0.3 is 19.3 Å². The molecule has 11 nitrogen and oxygen atoms in total. The van der Waals surface area contributed by atoms with Gasteiger partial charge in [0.05, 0.1) is 12.7 Å². The molecular weight excluding hydrogens is 406 g/mol. The summed E-state index contributed by atoms with van der Waals surface area (Å²) in [7, 11) is 0. The van der Waals surface area contributed by atoms with Gasteiger partial charge in [-0.05, 0) is 40.0 Å². The fraction of sp³-hybridized carbons (Fsp3) is 0.700. The second-order valence-electron chi connectivity index (χ2n) is 8.34. The molecule has 2 atom stereocenters. The van der Waals surface area contributed by atoms with Crippen molar-refractivity contribution < 1.29 is 28.4 Å². The van der Waals surface area contributed by atoms with Crippen LogP contribution >= 0.6 is 0 Å². The lowest BCUT2D eigenvalue weighted by Gasteiger charge is -2.33. The Morgan fingerprint density at radius 2 is 1.90 bits per heavy atom. The molecular formula is C20H33N5O6. The summed E-state index contributed by atoms with van der Waals surface area (Å²) in [6, 6.07) is 0.0996. The van der Waals surface area contributed by atoms with E-state index in [1.165, 1.54) is 16.1 Å². The van der Waals surface area contributed by atoms with E-state index in [0.29, 0.717) is 32.5 Å². The monoisotopic (exact) mass is 439 g/mol. The number of amides is 4. The van der Waals surface area contributed by atoms with Crippen LogP contribution in [0.1, 0.15) is 54.4 Å². The lowest BCUT2D eigenvalue weighted by atomic mass is 9.98.